The molecule has 0 spiro atoms. The molecule has 10 heavy (non-hydrogen) atoms. The van der Waals surface area contributed by atoms with Crippen LogP contribution in [0.25, 0.3) is 0 Å². The highest BCUT2D eigenvalue weighted by molar-refractivity contribution is 5.78. The van der Waals surface area contributed by atoms with Gasteiger partial charge in [-0.3, -0.25) is 4.79 Å². The highest BCUT2D eigenvalue weighted by Gasteiger charge is 2.09. The van der Waals surface area contributed by atoms with E-state index in [1.165, 1.54) is 0 Å². The minimum atomic E-state index is -0.0116. The van der Waals surface area contributed by atoms with E-state index in [1.807, 2.05) is 0 Å². The van der Waals surface area contributed by atoms with Crippen molar-refractivity contribution in [2.45, 2.75) is 19.8 Å². The third kappa shape index (κ3) is 3.09. The molecule has 0 N–H and O–H groups in total. The number of terminal acetylenes is 1. The molecule has 0 saturated heterocycles. The maximum Gasteiger partial charge on any atom is 0.134 e. The van der Waals surface area contributed by atoms with Crippen LogP contribution in [0.1, 0.15) is 19.8 Å². The lowest BCUT2D eigenvalue weighted by Gasteiger charge is -2.04. The third-order valence-corrected chi connectivity index (χ3v) is 1.39. The zero-order valence-corrected chi connectivity index (χ0v) is 6.26. The SMILES string of the molecule is C#CCC(CC=C)C(C)=O. The molecule has 0 amide bonds. The molecule has 0 bridgehead atoms. The van der Waals surface area contributed by atoms with E-state index in [0.717, 1.165) is 0 Å². The van der Waals surface area contributed by atoms with Crippen molar-refractivity contribution < 1.29 is 4.79 Å². The van der Waals surface area contributed by atoms with Crippen molar-refractivity contribution in [3.63, 3.8) is 0 Å². The molecule has 0 radical (unpaired) electrons. The van der Waals surface area contributed by atoms with Crippen molar-refractivity contribution in [2.24, 2.45) is 5.92 Å². The summed E-state index contributed by atoms with van der Waals surface area (Å²) in [6, 6.07) is 0. The maximum absolute atomic E-state index is 10.8. The predicted octanol–water partition coefficient (Wildman–Crippen LogP) is 1.79. The molecule has 1 unspecified atom stereocenters. The molecule has 0 heterocycles. The van der Waals surface area contributed by atoms with Gasteiger partial charge >= 0.3 is 0 Å². The molecular weight excluding hydrogens is 124 g/mol. The van der Waals surface area contributed by atoms with Crippen molar-refractivity contribution in [1.29, 1.82) is 0 Å². The Kier molecular flexibility index (Phi) is 4.32. The van der Waals surface area contributed by atoms with Gasteiger partial charge in [0.05, 0.1) is 0 Å². The van der Waals surface area contributed by atoms with Crippen LogP contribution in [-0.2, 0) is 4.79 Å². The average molecular weight is 136 g/mol. The summed E-state index contributed by atoms with van der Waals surface area (Å²) < 4.78 is 0. The van der Waals surface area contributed by atoms with Crippen LogP contribution in [0, 0.1) is 18.3 Å². The first-order chi connectivity index (χ1) is 4.72. The van der Waals surface area contributed by atoms with Gasteiger partial charge in [-0.05, 0) is 13.3 Å². The quantitative estimate of drug-likeness (QED) is 0.425. The zero-order chi connectivity index (χ0) is 7.98. The first kappa shape index (κ1) is 8.97. The van der Waals surface area contributed by atoms with Crippen LogP contribution in [0.5, 0.6) is 0 Å². The van der Waals surface area contributed by atoms with E-state index < -0.39 is 0 Å². The first-order valence-corrected chi connectivity index (χ1v) is 3.27. The molecule has 0 aliphatic carbocycles. The molecule has 54 valence electrons. The third-order valence-electron chi connectivity index (χ3n) is 1.39. The Morgan fingerprint density at radius 3 is 2.80 bits per heavy atom. The number of Topliss-reactive ketones (excluding diaryl/α,β-unsaturated/α-hetero) is 1. The number of rotatable bonds is 4. The van der Waals surface area contributed by atoms with Gasteiger partial charge in [-0.25, -0.2) is 0 Å². The molecule has 0 aromatic carbocycles. The van der Waals surface area contributed by atoms with E-state index >= 15 is 0 Å². The van der Waals surface area contributed by atoms with Gasteiger partial charge in [-0.15, -0.1) is 18.9 Å². The van der Waals surface area contributed by atoms with Crippen molar-refractivity contribution in [2.75, 3.05) is 0 Å². The highest BCUT2D eigenvalue weighted by atomic mass is 16.1. The smallest absolute Gasteiger partial charge is 0.134 e. The van der Waals surface area contributed by atoms with Crippen LogP contribution in [-0.4, -0.2) is 5.78 Å². The lowest BCUT2D eigenvalue weighted by Crippen LogP contribution is -2.08. The number of carbonyl (C=O) groups is 1. The summed E-state index contributed by atoms with van der Waals surface area (Å²) in [5.74, 6) is 2.60. The topological polar surface area (TPSA) is 17.1 Å². The summed E-state index contributed by atoms with van der Waals surface area (Å²) in [5, 5.41) is 0. The van der Waals surface area contributed by atoms with Crippen LogP contribution >= 0.6 is 0 Å². The normalized spacial score (nSPS) is 11.6. The Morgan fingerprint density at radius 1 is 1.90 bits per heavy atom. The molecule has 0 rings (SSSR count). The van der Waals surface area contributed by atoms with Gasteiger partial charge in [0, 0.05) is 12.3 Å². The predicted molar refractivity (Wildman–Crippen MR) is 42.4 cm³/mol. The minimum absolute atomic E-state index is 0.0116. The van der Waals surface area contributed by atoms with Crippen LogP contribution < -0.4 is 0 Å². The molecule has 1 heteroatoms. The summed E-state index contributed by atoms with van der Waals surface area (Å²) in [5.41, 5.74) is 0. The summed E-state index contributed by atoms with van der Waals surface area (Å²) in [6.07, 6.45) is 8.01. The Labute approximate surface area is 62.1 Å². The number of hydrogen-bond acceptors (Lipinski definition) is 1. The lowest BCUT2D eigenvalue weighted by molar-refractivity contribution is -0.120. The second-order valence-corrected chi connectivity index (χ2v) is 2.24. The van der Waals surface area contributed by atoms with Gasteiger partial charge in [0.1, 0.15) is 5.78 Å². The second kappa shape index (κ2) is 4.81. The van der Waals surface area contributed by atoms with Gasteiger partial charge in [-0.2, -0.15) is 0 Å². The lowest BCUT2D eigenvalue weighted by atomic mass is 9.98. The van der Waals surface area contributed by atoms with E-state index in [1.54, 1.807) is 13.0 Å². The minimum Gasteiger partial charge on any atom is -0.300 e. The number of hydrogen-bond donors (Lipinski definition) is 0. The fourth-order valence-corrected chi connectivity index (χ4v) is 0.736. The van der Waals surface area contributed by atoms with E-state index in [-0.39, 0.29) is 11.7 Å². The highest BCUT2D eigenvalue weighted by Crippen LogP contribution is 2.08. The molecule has 0 fully saturated rings. The van der Waals surface area contributed by atoms with Gasteiger partial charge in [-0.1, -0.05) is 6.08 Å². The Hall–Kier alpha value is -1.03. The van der Waals surface area contributed by atoms with Gasteiger partial charge in [0.2, 0.25) is 0 Å². The molecule has 0 aliphatic rings. The molecule has 0 saturated carbocycles. The Bertz CT molecular complexity index is 162. The van der Waals surface area contributed by atoms with Crippen molar-refractivity contribution in [1.82, 2.24) is 0 Å². The van der Waals surface area contributed by atoms with Crippen molar-refractivity contribution in [3.05, 3.63) is 12.7 Å². The van der Waals surface area contributed by atoms with Gasteiger partial charge in [0.25, 0.3) is 0 Å². The second-order valence-electron chi connectivity index (χ2n) is 2.24. The molecule has 0 aromatic rings. The summed E-state index contributed by atoms with van der Waals surface area (Å²) >= 11 is 0. The monoisotopic (exact) mass is 136 g/mol. The first-order valence-electron chi connectivity index (χ1n) is 3.27. The van der Waals surface area contributed by atoms with Gasteiger partial charge < -0.3 is 0 Å². The molecule has 1 nitrogen and oxygen atoms in total. The van der Waals surface area contributed by atoms with E-state index in [4.69, 9.17) is 6.42 Å². The van der Waals surface area contributed by atoms with Crippen molar-refractivity contribution >= 4 is 5.78 Å². The van der Waals surface area contributed by atoms with Crippen LogP contribution in [0.4, 0.5) is 0 Å². The van der Waals surface area contributed by atoms with E-state index in [2.05, 4.69) is 12.5 Å². The number of carbonyl (C=O) groups excluding carboxylic acids is 1. The standard InChI is InChI=1S/C9H12O/c1-4-6-9(7-5-2)8(3)10/h1,5,9H,2,6-7H2,3H3. The van der Waals surface area contributed by atoms with E-state index in [9.17, 15) is 4.79 Å². The average Bonchev–Trinajstić information content (AvgIpc) is 1.87. The maximum atomic E-state index is 10.8. The van der Waals surface area contributed by atoms with Gasteiger partial charge in [0.15, 0.2) is 0 Å². The fraction of sp³-hybridized carbons (Fsp3) is 0.444. The molecular formula is C9H12O. The van der Waals surface area contributed by atoms with Crippen LogP contribution in [0.2, 0.25) is 0 Å². The Balaban J connectivity index is 3.86. The summed E-state index contributed by atoms with van der Waals surface area (Å²) in [7, 11) is 0. The number of allylic oxidation sites excluding steroid dienone is 1. The van der Waals surface area contributed by atoms with Crippen LogP contribution in [0.3, 0.4) is 0 Å². The number of ketones is 1. The summed E-state index contributed by atoms with van der Waals surface area (Å²) in [6.45, 7) is 5.11. The molecule has 0 aromatic heterocycles. The van der Waals surface area contributed by atoms with E-state index in [0.29, 0.717) is 12.8 Å². The van der Waals surface area contributed by atoms with Crippen molar-refractivity contribution in [3.8, 4) is 12.3 Å². The zero-order valence-electron chi connectivity index (χ0n) is 6.26. The van der Waals surface area contributed by atoms with Crippen LogP contribution in [0.15, 0.2) is 12.7 Å². The Morgan fingerprint density at radius 2 is 2.50 bits per heavy atom. The fourth-order valence-electron chi connectivity index (χ4n) is 0.736. The summed E-state index contributed by atoms with van der Waals surface area (Å²) in [4.78, 5) is 10.8. The molecule has 1 atom stereocenters. The largest absolute Gasteiger partial charge is 0.300 e. The molecule has 0 aliphatic heterocycles.